The molecule has 0 heterocycles. The number of thioether (sulfide) groups is 1. The summed E-state index contributed by atoms with van der Waals surface area (Å²) in [4.78, 5) is 28.9. The summed E-state index contributed by atoms with van der Waals surface area (Å²) in [5.41, 5.74) is 2.72. The summed E-state index contributed by atoms with van der Waals surface area (Å²) in [6.07, 6.45) is 1.16. The fourth-order valence-electron chi connectivity index (χ4n) is 3.80. The number of amides is 2. The Hall–Kier alpha value is -1.89. The summed E-state index contributed by atoms with van der Waals surface area (Å²) in [5, 5.41) is 4.86. The molecule has 0 aliphatic rings. The number of hydrogen-bond acceptors (Lipinski definition) is 3. The maximum Gasteiger partial charge on any atom is 0.243 e. The first-order valence-corrected chi connectivity index (χ1v) is 14.9. The lowest BCUT2D eigenvalue weighted by Gasteiger charge is -2.32. The molecule has 1 N–H and O–H groups in total. The quantitative estimate of drug-likeness (QED) is 0.225. The molecule has 0 aromatic heterocycles. The molecule has 9 heteroatoms. The third kappa shape index (κ3) is 9.10. The van der Waals surface area contributed by atoms with Crippen LogP contribution in [0.15, 0.2) is 66.7 Å². The van der Waals surface area contributed by atoms with Crippen LogP contribution in [-0.2, 0) is 28.3 Å². The smallest absolute Gasteiger partial charge is 0.243 e. The van der Waals surface area contributed by atoms with Gasteiger partial charge in [0.15, 0.2) is 0 Å². The summed E-state index contributed by atoms with van der Waals surface area (Å²) in [7, 11) is 0. The second-order valence-corrected chi connectivity index (χ2v) is 11.6. The van der Waals surface area contributed by atoms with Gasteiger partial charge in [0.1, 0.15) is 6.04 Å². The molecule has 0 fully saturated rings. The van der Waals surface area contributed by atoms with Gasteiger partial charge in [0, 0.05) is 24.8 Å². The molecule has 3 rings (SSSR count). The summed E-state index contributed by atoms with van der Waals surface area (Å²) in [6, 6.07) is 19.7. The molecular formula is C29H30Cl4N2O2S. The van der Waals surface area contributed by atoms with Gasteiger partial charge in [-0.3, -0.25) is 9.59 Å². The van der Waals surface area contributed by atoms with E-state index in [1.54, 1.807) is 29.2 Å². The summed E-state index contributed by atoms with van der Waals surface area (Å²) >= 11 is 26.0. The molecule has 0 spiro atoms. The Bertz CT molecular complexity index is 1240. The maximum absolute atomic E-state index is 13.7. The van der Waals surface area contributed by atoms with Crippen molar-refractivity contribution in [2.75, 3.05) is 5.75 Å². The van der Waals surface area contributed by atoms with Crippen LogP contribution in [0.1, 0.15) is 37.0 Å². The Balaban J connectivity index is 1.87. The van der Waals surface area contributed by atoms with Gasteiger partial charge in [-0.15, -0.1) is 11.8 Å². The molecular weight excluding hydrogens is 582 g/mol. The molecule has 3 aromatic carbocycles. The first-order valence-electron chi connectivity index (χ1n) is 12.3. The van der Waals surface area contributed by atoms with Crippen molar-refractivity contribution in [3.63, 3.8) is 0 Å². The van der Waals surface area contributed by atoms with E-state index in [4.69, 9.17) is 46.4 Å². The van der Waals surface area contributed by atoms with Crippen LogP contribution >= 0.6 is 58.2 Å². The zero-order valence-electron chi connectivity index (χ0n) is 21.2. The molecule has 0 aliphatic heterocycles. The topological polar surface area (TPSA) is 49.4 Å². The van der Waals surface area contributed by atoms with Crippen molar-refractivity contribution in [2.45, 2.75) is 51.1 Å². The van der Waals surface area contributed by atoms with E-state index in [9.17, 15) is 9.59 Å². The van der Waals surface area contributed by atoms with Crippen LogP contribution in [0.5, 0.6) is 0 Å². The van der Waals surface area contributed by atoms with Crippen LogP contribution in [0.25, 0.3) is 0 Å². The van der Waals surface area contributed by atoms with E-state index in [1.807, 2.05) is 56.3 Å². The standard InChI is InChI=1S/C29H30Cl4N2O2S/c1-3-19(2)34-29(37)27(15-20-7-5-4-6-8-20)35(16-21-9-11-23(30)25(32)13-21)28(36)18-38-17-22-10-12-24(31)26(33)14-22/h4-14,19,27H,3,15-18H2,1-2H3,(H,34,37)/t19-,27+/m1/s1. The number of nitrogens with one attached hydrogen (secondary N) is 1. The van der Waals surface area contributed by atoms with Crippen LogP contribution in [0, 0.1) is 0 Å². The van der Waals surface area contributed by atoms with Gasteiger partial charge >= 0.3 is 0 Å². The number of rotatable bonds is 12. The number of benzene rings is 3. The van der Waals surface area contributed by atoms with E-state index < -0.39 is 6.04 Å². The lowest BCUT2D eigenvalue weighted by molar-refractivity contribution is -0.139. The fourth-order valence-corrected chi connectivity index (χ4v) is 5.30. The van der Waals surface area contributed by atoms with Gasteiger partial charge < -0.3 is 10.2 Å². The van der Waals surface area contributed by atoms with Gasteiger partial charge in [0.05, 0.1) is 25.8 Å². The maximum atomic E-state index is 13.7. The van der Waals surface area contributed by atoms with E-state index in [0.717, 1.165) is 23.1 Å². The Labute approximate surface area is 249 Å². The summed E-state index contributed by atoms with van der Waals surface area (Å²) in [5.74, 6) is 0.419. The molecule has 0 unspecified atom stereocenters. The minimum Gasteiger partial charge on any atom is -0.352 e. The molecule has 0 saturated carbocycles. The second-order valence-electron chi connectivity index (χ2n) is 9.03. The minimum absolute atomic E-state index is 0.0215. The van der Waals surface area contributed by atoms with Crippen LogP contribution in [0.4, 0.5) is 0 Å². The third-order valence-electron chi connectivity index (χ3n) is 6.09. The molecule has 2 atom stereocenters. The van der Waals surface area contributed by atoms with Gasteiger partial charge in [-0.1, -0.05) is 95.8 Å². The van der Waals surface area contributed by atoms with Crippen molar-refractivity contribution in [3.05, 3.63) is 104 Å². The van der Waals surface area contributed by atoms with Crippen molar-refractivity contribution in [2.24, 2.45) is 0 Å². The van der Waals surface area contributed by atoms with Gasteiger partial charge in [-0.2, -0.15) is 0 Å². The average Bonchev–Trinajstić information content (AvgIpc) is 2.90. The Kier molecular flexibility index (Phi) is 12.1. The van der Waals surface area contributed by atoms with E-state index >= 15 is 0 Å². The minimum atomic E-state index is -0.709. The van der Waals surface area contributed by atoms with Crippen LogP contribution in [0.2, 0.25) is 20.1 Å². The average molecular weight is 612 g/mol. The zero-order chi connectivity index (χ0) is 27.7. The van der Waals surface area contributed by atoms with Crippen molar-refractivity contribution in [1.29, 1.82) is 0 Å². The normalized spacial score (nSPS) is 12.6. The highest BCUT2D eigenvalue weighted by atomic mass is 35.5. The van der Waals surface area contributed by atoms with Gasteiger partial charge in [-0.25, -0.2) is 0 Å². The van der Waals surface area contributed by atoms with Crippen LogP contribution in [0.3, 0.4) is 0 Å². The fraction of sp³-hybridized carbons (Fsp3) is 0.310. The highest BCUT2D eigenvalue weighted by Crippen LogP contribution is 2.27. The van der Waals surface area contributed by atoms with Gasteiger partial charge in [0.25, 0.3) is 0 Å². The third-order valence-corrected chi connectivity index (χ3v) is 8.55. The summed E-state index contributed by atoms with van der Waals surface area (Å²) < 4.78 is 0. The SMILES string of the molecule is CC[C@@H](C)NC(=O)[C@H](Cc1ccccc1)N(Cc1ccc(Cl)c(Cl)c1)C(=O)CSCc1ccc(Cl)c(Cl)c1. The molecule has 4 nitrogen and oxygen atoms in total. The molecule has 202 valence electrons. The Morgan fingerprint density at radius 2 is 1.45 bits per heavy atom. The van der Waals surface area contributed by atoms with E-state index in [0.29, 0.717) is 32.3 Å². The predicted molar refractivity (Wildman–Crippen MR) is 161 cm³/mol. The number of carbonyl (C=O) groups is 2. The summed E-state index contributed by atoms with van der Waals surface area (Å²) in [6.45, 7) is 4.18. The van der Waals surface area contributed by atoms with Crippen LogP contribution in [-0.4, -0.2) is 34.6 Å². The predicted octanol–water partition coefficient (Wildman–Crippen LogP) is 8.09. The zero-order valence-corrected chi connectivity index (χ0v) is 25.1. The molecule has 3 aromatic rings. The van der Waals surface area contributed by atoms with Gasteiger partial charge in [-0.05, 0) is 54.3 Å². The number of carbonyl (C=O) groups excluding carboxylic acids is 2. The highest BCUT2D eigenvalue weighted by molar-refractivity contribution is 7.99. The molecule has 0 aliphatic carbocycles. The van der Waals surface area contributed by atoms with Crippen LogP contribution < -0.4 is 5.32 Å². The Morgan fingerprint density at radius 3 is 2.05 bits per heavy atom. The van der Waals surface area contributed by atoms with Gasteiger partial charge in [0.2, 0.25) is 11.8 Å². The molecule has 0 saturated heterocycles. The van der Waals surface area contributed by atoms with Crippen molar-refractivity contribution < 1.29 is 9.59 Å². The Morgan fingerprint density at radius 1 is 0.842 bits per heavy atom. The number of halogens is 4. The highest BCUT2D eigenvalue weighted by Gasteiger charge is 2.31. The lowest BCUT2D eigenvalue weighted by atomic mass is 10.0. The van der Waals surface area contributed by atoms with Crippen molar-refractivity contribution in [1.82, 2.24) is 10.2 Å². The largest absolute Gasteiger partial charge is 0.352 e. The molecule has 2 amide bonds. The number of nitrogens with zero attached hydrogens (tertiary/aromatic N) is 1. The van der Waals surface area contributed by atoms with Crippen molar-refractivity contribution >= 4 is 70.0 Å². The first kappa shape index (κ1) is 30.6. The molecule has 38 heavy (non-hydrogen) atoms. The van der Waals surface area contributed by atoms with E-state index in [2.05, 4.69) is 5.32 Å². The van der Waals surface area contributed by atoms with Crippen molar-refractivity contribution in [3.8, 4) is 0 Å². The first-order chi connectivity index (χ1) is 18.2. The number of hydrogen-bond donors (Lipinski definition) is 1. The van der Waals surface area contributed by atoms with E-state index in [1.165, 1.54) is 11.8 Å². The monoisotopic (exact) mass is 610 g/mol. The van der Waals surface area contributed by atoms with E-state index in [-0.39, 0.29) is 30.2 Å². The molecule has 0 radical (unpaired) electrons. The lowest BCUT2D eigenvalue weighted by Crippen LogP contribution is -2.52. The molecule has 0 bridgehead atoms. The second kappa shape index (κ2) is 15.0.